The van der Waals surface area contributed by atoms with Gasteiger partial charge in [-0.2, -0.15) is 0 Å². The molecule has 84 valence electrons. The minimum absolute atomic E-state index is 0.601. The summed E-state index contributed by atoms with van der Waals surface area (Å²) in [5, 5.41) is 3.67. The molecule has 1 heterocycles. The molecule has 0 aromatic carbocycles. The molecule has 2 heteroatoms. The van der Waals surface area contributed by atoms with E-state index in [1.54, 1.807) is 11.1 Å². The molecule has 0 saturated heterocycles. The van der Waals surface area contributed by atoms with Gasteiger partial charge in [0.25, 0.3) is 0 Å². The predicted molar refractivity (Wildman–Crippen MR) is 64.0 cm³/mol. The fourth-order valence-electron chi connectivity index (χ4n) is 2.53. The predicted octanol–water partition coefficient (Wildman–Crippen LogP) is 2.79. The molecule has 2 rings (SSSR count). The van der Waals surface area contributed by atoms with E-state index >= 15 is 0 Å². The van der Waals surface area contributed by atoms with Gasteiger partial charge in [0.05, 0.1) is 0 Å². The van der Waals surface area contributed by atoms with E-state index < -0.39 is 0 Å². The van der Waals surface area contributed by atoms with Crippen LogP contribution in [0.5, 0.6) is 0 Å². The van der Waals surface area contributed by atoms with E-state index in [0.29, 0.717) is 6.04 Å². The summed E-state index contributed by atoms with van der Waals surface area (Å²) in [7, 11) is 2.13. The lowest BCUT2D eigenvalue weighted by Gasteiger charge is -2.16. The van der Waals surface area contributed by atoms with Crippen LogP contribution in [0.3, 0.4) is 0 Å². The largest absolute Gasteiger partial charge is 0.357 e. The van der Waals surface area contributed by atoms with Crippen molar-refractivity contribution in [2.75, 3.05) is 6.54 Å². The molecule has 0 spiro atoms. The van der Waals surface area contributed by atoms with Crippen molar-refractivity contribution < 1.29 is 0 Å². The number of hydrogen-bond donors (Lipinski definition) is 1. The third-order valence-corrected chi connectivity index (χ3v) is 3.28. The number of aromatic nitrogens is 1. The molecule has 0 fully saturated rings. The lowest BCUT2D eigenvalue weighted by Crippen LogP contribution is -2.21. The van der Waals surface area contributed by atoms with Crippen molar-refractivity contribution in [2.24, 2.45) is 7.05 Å². The summed E-state index contributed by atoms with van der Waals surface area (Å²) < 4.78 is 2.20. The number of nitrogens with zero attached hydrogens (tertiary/aromatic N) is 1. The second-order valence-electron chi connectivity index (χ2n) is 4.66. The maximum atomic E-state index is 3.67. The summed E-state index contributed by atoms with van der Waals surface area (Å²) in [4.78, 5) is 0. The molecule has 0 amide bonds. The second-order valence-corrected chi connectivity index (χ2v) is 4.66. The van der Waals surface area contributed by atoms with Crippen LogP contribution in [0, 0.1) is 0 Å². The molecule has 1 unspecified atom stereocenters. The Morgan fingerprint density at radius 2 is 2.27 bits per heavy atom. The molecule has 15 heavy (non-hydrogen) atoms. The van der Waals surface area contributed by atoms with Crippen LogP contribution in [0.25, 0.3) is 0 Å². The van der Waals surface area contributed by atoms with E-state index in [1.807, 2.05) is 0 Å². The molecular formula is C13H22N2. The third kappa shape index (κ3) is 2.43. The van der Waals surface area contributed by atoms with E-state index in [1.165, 1.54) is 32.1 Å². The average molecular weight is 206 g/mol. The van der Waals surface area contributed by atoms with Gasteiger partial charge in [0.2, 0.25) is 0 Å². The standard InChI is InChI=1S/C13H22N2/c1-3-8-14-13-7-5-4-6-11-9-15(2)10-12(11)13/h9-10,13-14H,3-8H2,1-2H3. The molecule has 2 nitrogen and oxygen atoms in total. The molecule has 1 aromatic heterocycles. The first-order chi connectivity index (χ1) is 7.31. The van der Waals surface area contributed by atoms with Crippen molar-refractivity contribution in [3.63, 3.8) is 0 Å². The Labute approximate surface area is 92.7 Å². The van der Waals surface area contributed by atoms with E-state index in [0.717, 1.165) is 6.54 Å². The zero-order valence-electron chi connectivity index (χ0n) is 9.92. The lowest BCUT2D eigenvalue weighted by molar-refractivity contribution is 0.488. The third-order valence-electron chi connectivity index (χ3n) is 3.28. The molecule has 0 bridgehead atoms. The molecule has 0 radical (unpaired) electrons. The van der Waals surface area contributed by atoms with Crippen molar-refractivity contribution in [1.29, 1.82) is 0 Å². The van der Waals surface area contributed by atoms with Crippen molar-refractivity contribution in [3.8, 4) is 0 Å². The first-order valence-electron chi connectivity index (χ1n) is 6.19. The zero-order chi connectivity index (χ0) is 10.7. The summed E-state index contributed by atoms with van der Waals surface area (Å²) in [5.74, 6) is 0. The summed E-state index contributed by atoms with van der Waals surface area (Å²) in [6, 6.07) is 0.601. The van der Waals surface area contributed by atoms with Gasteiger partial charge in [0, 0.05) is 25.5 Å². The SMILES string of the molecule is CCCNC1CCCCc2cn(C)cc21. The van der Waals surface area contributed by atoms with Crippen molar-refractivity contribution >= 4 is 0 Å². The molecule has 1 atom stereocenters. The van der Waals surface area contributed by atoms with Gasteiger partial charge in [-0.25, -0.2) is 0 Å². The van der Waals surface area contributed by atoms with Gasteiger partial charge in [0.15, 0.2) is 0 Å². The fourth-order valence-corrected chi connectivity index (χ4v) is 2.53. The van der Waals surface area contributed by atoms with Crippen LogP contribution in [0.1, 0.15) is 49.8 Å². The normalized spacial score (nSPS) is 21.1. The van der Waals surface area contributed by atoms with Crippen molar-refractivity contribution in [3.05, 3.63) is 23.5 Å². The molecule has 1 aromatic rings. The van der Waals surface area contributed by atoms with Gasteiger partial charge in [-0.05, 0) is 43.4 Å². The van der Waals surface area contributed by atoms with Gasteiger partial charge in [0.1, 0.15) is 0 Å². The Balaban J connectivity index is 2.16. The van der Waals surface area contributed by atoms with Gasteiger partial charge in [-0.15, -0.1) is 0 Å². The van der Waals surface area contributed by atoms with E-state index in [2.05, 4.69) is 36.2 Å². The van der Waals surface area contributed by atoms with Crippen LogP contribution < -0.4 is 5.32 Å². The Hall–Kier alpha value is -0.760. The quantitative estimate of drug-likeness (QED) is 0.752. The second kappa shape index (κ2) is 4.84. The molecule has 1 aliphatic rings. The number of nitrogens with one attached hydrogen (secondary N) is 1. The fraction of sp³-hybridized carbons (Fsp3) is 0.692. The Kier molecular flexibility index (Phi) is 3.47. The Morgan fingerprint density at radius 3 is 3.07 bits per heavy atom. The summed E-state index contributed by atoms with van der Waals surface area (Å²) in [6.45, 7) is 3.37. The lowest BCUT2D eigenvalue weighted by atomic mass is 10.0. The van der Waals surface area contributed by atoms with Crippen molar-refractivity contribution in [1.82, 2.24) is 9.88 Å². The molecule has 0 saturated carbocycles. The van der Waals surface area contributed by atoms with Crippen molar-refractivity contribution in [2.45, 2.75) is 45.1 Å². The van der Waals surface area contributed by atoms with Crippen LogP contribution in [0.4, 0.5) is 0 Å². The number of rotatable bonds is 3. The molecule has 0 aliphatic heterocycles. The smallest absolute Gasteiger partial charge is 0.0337 e. The topological polar surface area (TPSA) is 17.0 Å². The molecular weight excluding hydrogens is 184 g/mol. The number of hydrogen-bond acceptors (Lipinski definition) is 1. The summed E-state index contributed by atoms with van der Waals surface area (Å²) >= 11 is 0. The minimum Gasteiger partial charge on any atom is -0.357 e. The van der Waals surface area contributed by atoms with Gasteiger partial charge < -0.3 is 9.88 Å². The van der Waals surface area contributed by atoms with Crippen LogP contribution in [-0.4, -0.2) is 11.1 Å². The minimum atomic E-state index is 0.601. The van der Waals surface area contributed by atoms with Gasteiger partial charge in [-0.3, -0.25) is 0 Å². The van der Waals surface area contributed by atoms with E-state index in [9.17, 15) is 0 Å². The van der Waals surface area contributed by atoms with Crippen LogP contribution in [0.15, 0.2) is 12.4 Å². The highest BCUT2D eigenvalue weighted by Crippen LogP contribution is 2.29. The first-order valence-corrected chi connectivity index (χ1v) is 6.19. The van der Waals surface area contributed by atoms with E-state index in [4.69, 9.17) is 0 Å². The maximum absolute atomic E-state index is 3.67. The summed E-state index contributed by atoms with van der Waals surface area (Å²) in [5.41, 5.74) is 3.10. The Bertz CT molecular complexity index is 314. The van der Waals surface area contributed by atoms with E-state index in [-0.39, 0.29) is 0 Å². The summed E-state index contributed by atoms with van der Waals surface area (Å²) in [6.07, 6.45) is 11.1. The van der Waals surface area contributed by atoms with Gasteiger partial charge in [-0.1, -0.05) is 13.3 Å². The van der Waals surface area contributed by atoms with Crippen LogP contribution >= 0.6 is 0 Å². The zero-order valence-corrected chi connectivity index (χ0v) is 9.92. The highest BCUT2D eigenvalue weighted by atomic mass is 14.9. The monoisotopic (exact) mass is 206 g/mol. The molecule has 1 N–H and O–H groups in total. The Morgan fingerprint density at radius 1 is 1.40 bits per heavy atom. The molecule has 1 aliphatic carbocycles. The first kappa shape index (κ1) is 10.7. The average Bonchev–Trinajstić information content (AvgIpc) is 2.49. The van der Waals surface area contributed by atoms with Crippen LogP contribution in [-0.2, 0) is 13.5 Å². The maximum Gasteiger partial charge on any atom is 0.0337 e. The number of fused-ring (bicyclic) bond motifs is 1. The number of aryl methyl sites for hydroxylation is 2. The highest BCUT2D eigenvalue weighted by molar-refractivity contribution is 5.29. The van der Waals surface area contributed by atoms with Gasteiger partial charge >= 0.3 is 0 Å². The highest BCUT2D eigenvalue weighted by Gasteiger charge is 2.19. The van der Waals surface area contributed by atoms with Crippen LogP contribution in [0.2, 0.25) is 0 Å².